The number of carbonyl (C=O) groups is 2. The van der Waals surface area contributed by atoms with E-state index in [1.807, 2.05) is 4.90 Å². The molecule has 1 atom stereocenters. The standard InChI is InChI=1S/C25H31FN4O5S/c1-35-21-7-4-6-20(17-21)30-18-19(16-24(30)31)25(32)27-10-5-15-36(33,34)29-13-11-28(12-14-29)23-9-3-2-8-22(23)26/h2-4,6-9,17,19H,5,10-16,18H2,1H3,(H,27,32). The zero-order chi connectivity index (χ0) is 25.7. The van der Waals surface area contributed by atoms with Crippen LogP contribution >= 0.6 is 0 Å². The van der Waals surface area contributed by atoms with Crippen molar-refractivity contribution in [1.29, 1.82) is 0 Å². The number of methoxy groups -OCH3 is 1. The fourth-order valence-electron chi connectivity index (χ4n) is 4.57. The second-order valence-electron chi connectivity index (χ2n) is 8.90. The van der Waals surface area contributed by atoms with Crippen LogP contribution in [0.5, 0.6) is 5.75 Å². The second kappa shape index (κ2) is 11.3. The van der Waals surface area contributed by atoms with E-state index in [0.717, 1.165) is 0 Å². The van der Waals surface area contributed by atoms with E-state index < -0.39 is 15.9 Å². The maximum atomic E-state index is 14.0. The molecule has 2 fully saturated rings. The van der Waals surface area contributed by atoms with Crippen LogP contribution in [0, 0.1) is 11.7 Å². The van der Waals surface area contributed by atoms with Gasteiger partial charge in [0.1, 0.15) is 11.6 Å². The molecule has 36 heavy (non-hydrogen) atoms. The van der Waals surface area contributed by atoms with Gasteiger partial charge < -0.3 is 19.9 Å². The van der Waals surface area contributed by atoms with Crippen LogP contribution in [0.25, 0.3) is 0 Å². The van der Waals surface area contributed by atoms with Crippen molar-refractivity contribution < 1.29 is 27.1 Å². The molecular weight excluding hydrogens is 487 g/mol. The highest BCUT2D eigenvalue weighted by molar-refractivity contribution is 7.89. The van der Waals surface area contributed by atoms with Crippen molar-refractivity contribution in [1.82, 2.24) is 9.62 Å². The molecule has 11 heteroatoms. The Morgan fingerprint density at radius 1 is 1.11 bits per heavy atom. The lowest BCUT2D eigenvalue weighted by atomic mass is 10.1. The molecule has 2 aromatic rings. The van der Waals surface area contributed by atoms with Crippen LogP contribution in [-0.4, -0.2) is 76.7 Å². The molecule has 0 aromatic heterocycles. The SMILES string of the molecule is COc1cccc(N2CC(C(=O)NCCCS(=O)(=O)N3CCN(c4ccccc4F)CC3)CC2=O)c1. The molecule has 2 saturated heterocycles. The van der Waals surface area contributed by atoms with Crippen LogP contribution in [0.3, 0.4) is 0 Å². The summed E-state index contributed by atoms with van der Waals surface area (Å²) in [5, 5.41) is 2.77. The molecule has 0 bridgehead atoms. The maximum Gasteiger partial charge on any atom is 0.227 e. The van der Waals surface area contributed by atoms with Crippen molar-refractivity contribution in [3.8, 4) is 5.75 Å². The van der Waals surface area contributed by atoms with E-state index in [1.165, 1.54) is 10.4 Å². The molecule has 0 saturated carbocycles. The number of ether oxygens (including phenoxy) is 1. The Kier molecular flexibility index (Phi) is 8.10. The first-order valence-electron chi connectivity index (χ1n) is 12.0. The predicted octanol–water partition coefficient (Wildman–Crippen LogP) is 1.85. The lowest BCUT2D eigenvalue weighted by molar-refractivity contribution is -0.126. The van der Waals surface area contributed by atoms with Gasteiger partial charge in [-0.1, -0.05) is 18.2 Å². The highest BCUT2D eigenvalue weighted by Gasteiger charge is 2.35. The molecule has 2 heterocycles. The highest BCUT2D eigenvalue weighted by atomic mass is 32.2. The van der Waals surface area contributed by atoms with Crippen LogP contribution in [-0.2, 0) is 19.6 Å². The van der Waals surface area contributed by atoms with Gasteiger partial charge in [-0.15, -0.1) is 0 Å². The number of hydrogen-bond donors (Lipinski definition) is 1. The minimum Gasteiger partial charge on any atom is -0.497 e. The number of carbonyl (C=O) groups excluding carboxylic acids is 2. The number of nitrogens with zero attached hydrogens (tertiary/aromatic N) is 3. The normalized spacial score (nSPS) is 18.9. The summed E-state index contributed by atoms with van der Waals surface area (Å²) in [6.07, 6.45) is 0.371. The van der Waals surface area contributed by atoms with Crippen LogP contribution in [0.1, 0.15) is 12.8 Å². The van der Waals surface area contributed by atoms with Crippen molar-refractivity contribution in [2.24, 2.45) is 5.92 Å². The topological polar surface area (TPSA) is 99.3 Å². The van der Waals surface area contributed by atoms with Gasteiger partial charge in [0.05, 0.1) is 24.5 Å². The third kappa shape index (κ3) is 5.96. The van der Waals surface area contributed by atoms with Crippen molar-refractivity contribution in [2.45, 2.75) is 12.8 Å². The number of sulfonamides is 1. The largest absolute Gasteiger partial charge is 0.497 e. The van der Waals surface area contributed by atoms with Gasteiger partial charge in [-0.05, 0) is 30.7 Å². The van der Waals surface area contributed by atoms with E-state index in [2.05, 4.69) is 5.32 Å². The van der Waals surface area contributed by atoms with E-state index in [4.69, 9.17) is 4.74 Å². The van der Waals surface area contributed by atoms with Crippen LogP contribution in [0.2, 0.25) is 0 Å². The predicted molar refractivity (Wildman–Crippen MR) is 135 cm³/mol. The van der Waals surface area contributed by atoms with Crippen LogP contribution in [0.4, 0.5) is 15.8 Å². The monoisotopic (exact) mass is 518 g/mol. The van der Waals surface area contributed by atoms with Gasteiger partial charge in [0.2, 0.25) is 21.8 Å². The van der Waals surface area contributed by atoms with Gasteiger partial charge in [0.25, 0.3) is 0 Å². The Morgan fingerprint density at radius 2 is 1.86 bits per heavy atom. The number of anilines is 2. The number of benzene rings is 2. The Balaban J connectivity index is 1.21. The zero-order valence-electron chi connectivity index (χ0n) is 20.2. The van der Waals surface area contributed by atoms with Gasteiger partial charge in [-0.2, -0.15) is 4.31 Å². The van der Waals surface area contributed by atoms with E-state index in [-0.39, 0.29) is 62.4 Å². The van der Waals surface area contributed by atoms with Crippen molar-refractivity contribution in [3.05, 3.63) is 54.3 Å². The Hall–Kier alpha value is -3.18. The van der Waals surface area contributed by atoms with Crippen LogP contribution in [0.15, 0.2) is 48.5 Å². The van der Waals surface area contributed by atoms with Crippen molar-refractivity contribution in [2.75, 3.05) is 61.9 Å². The van der Waals surface area contributed by atoms with Gasteiger partial charge >= 0.3 is 0 Å². The fourth-order valence-corrected chi connectivity index (χ4v) is 6.05. The van der Waals surface area contributed by atoms with Crippen molar-refractivity contribution in [3.63, 3.8) is 0 Å². The molecule has 2 aliphatic heterocycles. The van der Waals surface area contributed by atoms with Gasteiger partial charge in [-0.25, -0.2) is 12.8 Å². The summed E-state index contributed by atoms with van der Waals surface area (Å²) in [6.45, 7) is 1.87. The lowest BCUT2D eigenvalue weighted by Crippen LogP contribution is -2.49. The molecule has 194 valence electrons. The first-order chi connectivity index (χ1) is 17.3. The molecule has 0 aliphatic carbocycles. The molecule has 0 spiro atoms. The smallest absolute Gasteiger partial charge is 0.227 e. The molecular formula is C25H31FN4O5S. The Bertz CT molecular complexity index is 1200. The first kappa shape index (κ1) is 25.9. The summed E-state index contributed by atoms with van der Waals surface area (Å²) in [5.41, 5.74) is 1.16. The third-order valence-corrected chi connectivity index (χ3v) is 8.52. The van der Waals surface area contributed by atoms with Gasteiger partial charge in [-0.3, -0.25) is 9.59 Å². The Labute approximate surface area is 210 Å². The first-order valence-corrected chi connectivity index (χ1v) is 13.6. The molecule has 2 aliphatic rings. The molecule has 2 aromatic carbocycles. The fraction of sp³-hybridized carbons (Fsp3) is 0.440. The molecule has 0 radical (unpaired) electrons. The number of para-hydroxylation sites is 1. The van der Waals surface area contributed by atoms with E-state index in [1.54, 1.807) is 54.5 Å². The van der Waals surface area contributed by atoms with Crippen molar-refractivity contribution >= 4 is 33.2 Å². The third-order valence-electron chi connectivity index (χ3n) is 6.56. The number of hydrogen-bond acceptors (Lipinski definition) is 6. The minimum atomic E-state index is -3.49. The van der Waals surface area contributed by atoms with E-state index >= 15 is 0 Å². The summed E-state index contributed by atoms with van der Waals surface area (Å²) in [7, 11) is -1.94. The summed E-state index contributed by atoms with van der Waals surface area (Å²) in [6, 6.07) is 13.6. The zero-order valence-corrected chi connectivity index (χ0v) is 21.0. The van der Waals surface area contributed by atoms with E-state index in [9.17, 15) is 22.4 Å². The average Bonchev–Trinajstić information content (AvgIpc) is 3.28. The van der Waals surface area contributed by atoms with Gasteiger partial charge in [0, 0.05) is 57.4 Å². The molecule has 4 rings (SSSR count). The summed E-state index contributed by atoms with van der Waals surface area (Å²) >= 11 is 0. The molecule has 1 N–H and O–H groups in total. The highest BCUT2D eigenvalue weighted by Crippen LogP contribution is 2.28. The Morgan fingerprint density at radius 3 is 2.58 bits per heavy atom. The van der Waals surface area contributed by atoms with E-state index in [0.29, 0.717) is 30.2 Å². The minimum absolute atomic E-state index is 0.0908. The number of rotatable bonds is 9. The number of halogens is 1. The summed E-state index contributed by atoms with van der Waals surface area (Å²) in [5.74, 6) is -0.674. The molecule has 1 unspecified atom stereocenters. The molecule has 2 amide bonds. The maximum absolute atomic E-state index is 14.0. The number of amides is 2. The number of nitrogens with one attached hydrogen (secondary N) is 1. The van der Waals surface area contributed by atoms with Gasteiger partial charge in [0.15, 0.2) is 0 Å². The quantitative estimate of drug-likeness (QED) is 0.509. The van der Waals surface area contributed by atoms with Crippen LogP contribution < -0.4 is 19.9 Å². The lowest BCUT2D eigenvalue weighted by Gasteiger charge is -2.35. The average molecular weight is 519 g/mol. The second-order valence-corrected chi connectivity index (χ2v) is 11.0. The summed E-state index contributed by atoms with van der Waals surface area (Å²) < 4.78 is 46.1. The molecule has 9 nitrogen and oxygen atoms in total. The summed E-state index contributed by atoms with van der Waals surface area (Å²) in [4.78, 5) is 28.5. The number of piperazine rings is 1.